The Bertz CT molecular complexity index is 348. The average molecular weight is 255 g/mol. The fourth-order valence-corrected chi connectivity index (χ4v) is 3.06. The molecule has 1 aromatic heterocycles. The first-order valence-electron chi connectivity index (χ1n) is 6.94. The zero-order valence-corrected chi connectivity index (χ0v) is 11.7. The Hall–Kier alpha value is -0.500. The molecule has 1 fully saturated rings. The number of hydrogen-bond acceptors (Lipinski definition) is 1. The van der Waals surface area contributed by atoms with Crippen molar-refractivity contribution in [2.45, 2.75) is 63.8 Å². The molecular formula is C14H23ClN2. The molecule has 1 saturated carbocycles. The number of nitrogens with zero attached hydrogens (tertiary/aromatic N) is 2. The average Bonchev–Trinajstić information content (AvgIpc) is 2.87. The number of hydrogen-bond donors (Lipinski definition) is 0. The Balaban J connectivity index is 2.12. The summed E-state index contributed by atoms with van der Waals surface area (Å²) in [6, 6.07) is 0.600. The third-order valence-electron chi connectivity index (χ3n) is 4.07. The quantitative estimate of drug-likeness (QED) is 0.712. The van der Waals surface area contributed by atoms with Gasteiger partial charge in [-0.1, -0.05) is 33.1 Å². The van der Waals surface area contributed by atoms with Gasteiger partial charge >= 0.3 is 0 Å². The van der Waals surface area contributed by atoms with Gasteiger partial charge in [-0.2, -0.15) is 5.10 Å². The molecule has 2 nitrogen and oxygen atoms in total. The van der Waals surface area contributed by atoms with Crippen molar-refractivity contribution in [1.29, 1.82) is 0 Å². The minimum absolute atomic E-state index is 0.118. The lowest BCUT2D eigenvalue weighted by Crippen LogP contribution is -2.23. The Morgan fingerprint density at radius 3 is 2.88 bits per heavy atom. The summed E-state index contributed by atoms with van der Waals surface area (Å²) < 4.78 is 2.17. The molecule has 3 unspecified atom stereocenters. The van der Waals surface area contributed by atoms with Gasteiger partial charge in [0.25, 0.3) is 0 Å². The fraction of sp³-hybridized carbons (Fsp3) is 0.786. The Morgan fingerprint density at radius 1 is 1.41 bits per heavy atom. The van der Waals surface area contributed by atoms with Crippen LogP contribution in [0.2, 0.25) is 0 Å². The highest BCUT2D eigenvalue weighted by Gasteiger charge is 2.26. The second-order valence-electron chi connectivity index (χ2n) is 5.15. The summed E-state index contributed by atoms with van der Waals surface area (Å²) in [6.45, 7) is 4.41. The predicted octanol–water partition coefficient (Wildman–Crippen LogP) is 4.71. The molecule has 0 aromatic carbocycles. The summed E-state index contributed by atoms with van der Waals surface area (Å²) in [5.74, 6) is 0.798. The van der Waals surface area contributed by atoms with Crippen molar-refractivity contribution in [2.75, 3.05) is 0 Å². The summed E-state index contributed by atoms with van der Waals surface area (Å²) in [5.41, 5.74) is 1.18. The molecule has 0 N–H and O–H groups in total. The van der Waals surface area contributed by atoms with Crippen molar-refractivity contribution < 1.29 is 0 Å². The molecule has 0 radical (unpaired) electrons. The topological polar surface area (TPSA) is 17.8 Å². The first-order valence-corrected chi connectivity index (χ1v) is 7.38. The summed E-state index contributed by atoms with van der Waals surface area (Å²) in [5, 5.41) is 4.66. The van der Waals surface area contributed by atoms with Gasteiger partial charge in [0.2, 0.25) is 0 Å². The highest BCUT2D eigenvalue weighted by Crippen LogP contribution is 2.36. The van der Waals surface area contributed by atoms with Gasteiger partial charge in [-0.25, -0.2) is 0 Å². The highest BCUT2D eigenvalue weighted by molar-refractivity contribution is 6.20. The van der Waals surface area contributed by atoms with Crippen LogP contribution in [-0.2, 0) is 0 Å². The van der Waals surface area contributed by atoms with Gasteiger partial charge in [-0.15, -0.1) is 11.6 Å². The van der Waals surface area contributed by atoms with Crippen molar-refractivity contribution in [3.05, 3.63) is 18.0 Å². The molecule has 1 aliphatic carbocycles. The van der Waals surface area contributed by atoms with Crippen LogP contribution >= 0.6 is 11.6 Å². The maximum atomic E-state index is 6.26. The third kappa shape index (κ3) is 2.85. The van der Waals surface area contributed by atoms with E-state index in [9.17, 15) is 0 Å². The van der Waals surface area contributed by atoms with Crippen LogP contribution in [0.3, 0.4) is 0 Å². The first kappa shape index (κ1) is 12.9. The summed E-state index contributed by atoms with van der Waals surface area (Å²) in [6.07, 6.45) is 11.7. The van der Waals surface area contributed by atoms with Crippen molar-refractivity contribution in [1.82, 2.24) is 9.78 Å². The van der Waals surface area contributed by atoms with Crippen LogP contribution in [0.5, 0.6) is 0 Å². The summed E-state index contributed by atoms with van der Waals surface area (Å²) >= 11 is 6.26. The Labute approximate surface area is 109 Å². The Morgan fingerprint density at radius 2 is 2.18 bits per heavy atom. The van der Waals surface area contributed by atoms with Gasteiger partial charge < -0.3 is 0 Å². The van der Waals surface area contributed by atoms with Gasteiger partial charge in [0.1, 0.15) is 0 Å². The minimum Gasteiger partial charge on any atom is -0.269 e. The fourth-order valence-electron chi connectivity index (χ4n) is 2.94. The molecule has 0 aliphatic heterocycles. The number of alkyl halides is 1. The molecule has 0 bridgehead atoms. The van der Waals surface area contributed by atoms with Crippen LogP contribution in [0.25, 0.3) is 0 Å². The van der Waals surface area contributed by atoms with Gasteiger partial charge in [0.15, 0.2) is 0 Å². The molecule has 96 valence electrons. The SMILES string of the molecule is CCC(Cl)c1cnn(C2CCCCC2CC)c1. The van der Waals surface area contributed by atoms with Crippen LogP contribution < -0.4 is 0 Å². The molecule has 1 heterocycles. The lowest BCUT2D eigenvalue weighted by atomic mass is 9.83. The molecule has 17 heavy (non-hydrogen) atoms. The smallest absolute Gasteiger partial charge is 0.0613 e. The number of aromatic nitrogens is 2. The maximum absolute atomic E-state index is 6.26. The molecule has 2 rings (SSSR count). The van der Waals surface area contributed by atoms with E-state index >= 15 is 0 Å². The van der Waals surface area contributed by atoms with E-state index < -0.39 is 0 Å². The number of halogens is 1. The van der Waals surface area contributed by atoms with Crippen molar-refractivity contribution in [2.24, 2.45) is 5.92 Å². The van der Waals surface area contributed by atoms with Crippen LogP contribution in [0, 0.1) is 5.92 Å². The van der Waals surface area contributed by atoms with E-state index in [1.165, 1.54) is 37.7 Å². The van der Waals surface area contributed by atoms with Crippen molar-refractivity contribution >= 4 is 11.6 Å². The van der Waals surface area contributed by atoms with Crippen LogP contribution in [0.4, 0.5) is 0 Å². The molecule has 0 saturated heterocycles. The van der Waals surface area contributed by atoms with E-state index in [1.54, 1.807) is 0 Å². The summed E-state index contributed by atoms with van der Waals surface area (Å²) in [7, 11) is 0. The van der Waals surface area contributed by atoms with E-state index in [1.807, 2.05) is 6.20 Å². The van der Waals surface area contributed by atoms with E-state index in [-0.39, 0.29) is 5.38 Å². The molecule has 1 aliphatic rings. The van der Waals surface area contributed by atoms with Gasteiger partial charge in [0.05, 0.1) is 17.6 Å². The third-order valence-corrected chi connectivity index (χ3v) is 4.64. The van der Waals surface area contributed by atoms with Crippen molar-refractivity contribution in [3.8, 4) is 0 Å². The molecular weight excluding hydrogens is 232 g/mol. The van der Waals surface area contributed by atoms with Crippen LogP contribution in [-0.4, -0.2) is 9.78 Å². The first-order chi connectivity index (χ1) is 8.26. The zero-order valence-electron chi connectivity index (χ0n) is 10.9. The predicted molar refractivity (Wildman–Crippen MR) is 72.4 cm³/mol. The van der Waals surface area contributed by atoms with E-state index in [0.29, 0.717) is 6.04 Å². The largest absolute Gasteiger partial charge is 0.269 e. The molecule has 3 heteroatoms. The second-order valence-corrected chi connectivity index (χ2v) is 5.68. The molecule has 0 amide bonds. The zero-order chi connectivity index (χ0) is 12.3. The standard InChI is InChI=1S/C14H23ClN2/c1-3-11-7-5-6-8-14(11)17-10-12(9-16-17)13(15)4-2/h9-11,13-14H,3-8H2,1-2H3. The monoisotopic (exact) mass is 254 g/mol. The van der Waals surface area contributed by atoms with E-state index in [0.717, 1.165) is 12.3 Å². The van der Waals surface area contributed by atoms with Gasteiger partial charge in [-0.05, 0) is 25.2 Å². The van der Waals surface area contributed by atoms with Crippen LogP contribution in [0.1, 0.15) is 69.4 Å². The molecule has 3 atom stereocenters. The maximum Gasteiger partial charge on any atom is 0.0613 e. The molecule has 1 aromatic rings. The highest BCUT2D eigenvalue weighted by atomic mass is 35.5. The molecule has 0 spiro atoms. The normalized spacial score (nSPS) is 27.0. The summed E-state index contributed by atoms with van der Waals surface area (Å²) in [4.78, 5) is 0. The Kier molecular flexibility index (Phi) is 4.49. The lowest BCUT2D eigenvalue weighted by Gasteiger charge is -2.31. The van der Waals surface area contributed by atoms with Gasteiger partial charge in [-0.3, -0.25) is 4.68 Å². The number of rotatable bonds is 4. The van der Waals surface area contributed by atoms with E-state index in [2.05, 4.69) is 29.8 Å². The van der Waals surface area contributed by atoms with Crippen molar-refractivity contribution in [3.63, 3.8) is 0 Å². The minimum atomic E-state index is 0.118. The van der Waals surface area contributed by atoms with Crippen LogP contribution in [0.15, 0.2) is 12.4 Å². The van der Waals surface area contributed by atoms with Gasteiger partial charge in [0, 0.05) is 11.8 Å². The second kappa shape index (κ2) is 5.90. The van der Waals surface area contributed by atoms with E-state index in [4.69, 9.17) is 11.6 Å². The lowest BCUT2D eigenvalue weighted by molar-refractivity contribution is 0.217.